The summed E-state index contributed by atoms with van der Waals surface area (Å²) in [7, 11) is 1.65. The average molecular weight is 414 g/mol. The quantitative estimate of drug-likeness (QED) is 0.565. The highest BCUT2D eigenvalue weighted by Crippen LogP contribution is 2.27. The van der Waals surface area contributed by atoms with Crippen LogP contribution in [-0.4, -0.2) is 61.5 Å². The highest BCUT2D eigenvalue weighted by atomic mass is 35.5. The number of hydrogen-bond donors (Lipinski definition) is 1. The Morgan fingerprint density at radius 3 is 2.83 bits per heavy atom. The lowest BCUT2D eigenvalue weighted by molar-refractivity contribution is 0.235. The van der Waals surface area contributed by atoms with Crippen LogP contribution in [0.1, 0.15) is 12.8 Å². The number of nitrogens with zero attached hydrogens (tertiary/aromatic N) is 3. The molecule has 7 heteroatoms. The van der Waals surface area contributed by atoms with Gasteiger partial charge in [0.2, 0.25) is 0 Å². The number of ether oxygens (including phenoxy) is 2. The number of rotatable bonds is 8. The van der Waals surface area contributed by atoms with E-state index in [0.29, 0.717) is 6.61 Å². The highest BCUT2D eigenvalue weighted by molar-refractivity contribution is 6.31. The van der Waals surface area contributed by atoms with E-state index in [1.165, 1.54) is 0 Å². The van der Waals surface area contributed by atoms with Crippen LogP contribution in [0.25, 0.3) is 10.9 Å². The summed E-state index contributed by atoms with van der Waals surface area (Å²) in [5.74, 6) is 2.54. The molecule has 1 N–H and O–H groups in total. The second kappa shape index (κ2) is 9.37. The monoisotopic (exact) mass is 413 g/mol. The summed E-state index contributed by atoms with van der Waals surface area (Å²) in [6, 6.07) is 14.4. The van der Waals surface area contributed by atoms with Crippen LogP contribution in [0, 0.1) is 6.07 Å². The number of aromatic nitrogens is 2. The lowest BCUT2D eigenvalue weighted by Crippen LogP contribution is -2.46. The molecule has 0 aliphatic carbocycles. The highest BCUT2D eigenvalue weighted by Gasteiger charge is 2.20. The van der Waals surface area contributed by atoms with Crippen LogP contribution in [0.3, 0.4) is 0 Å². The van der Waals surface area contributed by atoms with Crippen molar-refractivity contribution in [2.75, 3.05) is 51.3 Å². The SMILES string of the molecule is COc1c[c]ccc1OCCCCN1CCN(c2n[nH]c3cc(Cl)ccc23)CC1. The molecule has 6 nitrogen and oxygen atoms in total. The minimum Gasteiger partial charge on any atom is -0.493 e. The van der Waals surface area contributed by atoms with Crippen molar-refractivity contribution in [2.24, 2.45) is 0 Å². The zero-order valence-corrected chi connectivity index (χ0v) is 17.4. The third-order valence-corrected chi connectivity index (χ3v) is 5.55. The number of piperazine rings is 1. The molecule has 0 atom stereocenters. The van der Waals surface area contributed by atoms with Gasteiger partial charge in [-0.3, -0.25) is 10.00 Å². The normalized spacial score (nSPS) is 15.0. The van der Waals surface area contributed by atoms with Crippen LogP contribution < -0.4 is 14.4 Å². The first-order valence-corrected chi connectivity index (χ1v) is 10.4. The van der Waals surface area contributed by atoms with Crippen molar-refractivity contribution in [3.05, 3.63) is 47.5 Å². The van der Waals surface area contributed by atoms with Crippen LogP contribution in [0.4, 0.5) is 5.82 Å². The smallest absolute Gasteiger partial charge is 0.161 e. The van der Waals surface area contributed by atoms with Crippen LogP contribution in [0.2, 0.25) is 5.02 Å². The third-order valence-electron chi connectivity index (χ3n) is 5.31. The Morgan fingerprint density at radius 2 is 2.00 bits per heavy atom. The first kappa shape index (κ1) is 19.9. The summed E-state index contributed by atoms with van der Waals surface area (Å²) in [4.78, 5) is 4.87. The molecule has 2 aromatic carbocycles. The molecule has 2 heterocycles. The zero-order valence-electron chi connectivity index (χ0n) is 16.7. The predicted octanol–water partition coefficient (Wildman–Crippen LogP) is 4.01. The van der Waals surface area contributed by atoms with Gasteiger partial charge in [0.25, 0.3) is 0 Å². The zero-order chi connectivity index (χ0) is 20.1. The van der Waals surface area contributed by atoms with Crippen LogP contribution in [0.5, 0.6) is 11.5 Å². The van der Waals surface area contributed by atoms with Crippen LogP contribution in [0.15, 0.2) is 36.4 Å². The number of nitrogens with one attached hydrogen (secondary N) is 1. The average Bonchev–Trinajstić information content (AvgIpc) is 3.17. The van der Waals surface area contributed by atoms with Crippen LogP contribution in [-0.2, 0) is 0 Å². The van der Waals surface area contributed by atoms with Crippen molar-refractivity contribution in [3.63, 3.8) is 0 Å². The number of halogens is 1. The molecular weight excluding hydrogens is 388 g/mol. The van der Waals surface area contributed by atoms with Crippen molar-refractivity contribution >= 4 is 28.3 Å². The van der Waals surface area contributed by atoms with Gasteiger partial charge in [0.15, 0.2) is 17.3 Å². The lowest BCUT2D eigenvalue weighted by atomic mass is 10.2. The number of methoxy groups -OCH3 is 1. The Hall–Kier alpha value is -2.44. The molecule has 1 radical (unpaired) electrons. The van der Waals surface area contributed by atoms with Gasteiger partial charge >= 0.3 is 0 Å². The van der Waals surface area contributed by atoms with Gasteiger partial charge in [0, 0.05) is 36.6 Å². The fraction of sp³-hybridized carbons (Fsp3) is 0.409. The van der Waals surface area contributed by atoms with Crippen molar-refractivity contribution in [3.8, 4) is 11.5 Å². The van der Waals surface area contributed by atoms with Gasteiger partial charge in [-0.1, -0.05) is 17.7 Å². The topological polar surface area (TPSA) is 53.6 Å². The molecular formula is C22H26ClN4O2. The van der Waals surface area contributed by atoms with Crippen molar-refractivity contribution in [2.45, 2.75) is 12.8 Å². The molecule has 0 amide bonds. The standard InChI is InChI=1S/C22H26ClN4O2/c1-28-20-6-2-3-7-21(20)29-15-5-4-10-26-11-13-27(14-12-26)22-18-9-8-17(23)16-19(18)24-25-22/h3,6-9,16H,4-5,10-15H2,1H3,(H,24,25). The maximum absolute atomic E-state index is 6.07. The molecule has 29 heavy (non-hydrogen) atoms. The van der Waals surface area contributed by atoms with Crippen molar-refractivity contribution in [1.29, 1.82) is 0 Å². The van der Waals surface area contributed by atoms with Crippen molar-refractivity contribution in [1.82, 2.24) is 15.1 Å². The van der Waals surface area contributed by atoms with E-state index in [0.717, 1.165) is 78.8 Å². The van der Waals surface area contributed by atoms with Gasteiger partial charge in [0.05, 0.1) is 19.2 Å². The fourth-order valence-electron chi connectivity index (χ4n) is 3.70. The maximum atomic E-state index is 6.07. The Balaban J connectivity index is 1.19. The molecule has 153 valence electrons. The number of unbranched alkanes of at least 4 members (excludes halogenated alkanes) is 1. The number of anilines is 1. The van der Waals surface area contributed by atoms with E-state index in [2.05, 4.69) is 26.1 Å². The molecule has 4 rings (SSSR count). The van der Waals surface area contributed by atoms with Gasteiger partial charge in [0.1, 0.15) is 0 Å². The number of fused-ring (bicyclic) bond motifs is 1. The second-order valence-corrected chi connectivity index (χ2v) is 7.63. The van der Waals surface area contributed by atoms with E-state index in [1.807, 2.05) is 30.3 Å². The first-order chi connectivity index (χ1) is 14.2. The minimum atomic E-state index is 0.697. The Morgan fingerprint density at radius 1 is 1.14 bits per heavy atom. The van der Waals surface area contributed by atoms with E-state index in [9.17, 15) is 0 Å². The molecule has 0 saturated carbocycles. The number of hydrogen-bond acceptors (Lipinski definition) is 5. The molecule has 0 bridgehead atoms. The molecule has 3 aromatic rings. The maximum Gasteiger partial charge on any atom is 0.161 e. The van der Waals surface area contributed by atoms with E-state index in [-0.39, 0.29) is 0 Å². The number of benzene rings is 2. The van der Waals surface area contributed by atoms with Crippen molar-refractivity contribution < 1.29 is 9.47 Å². The Kier molecular flexibility index (Phi) is 6.42. The molecule has 1 aromatic heterocycles. The molecule has 0 unspecified atom stereocenters. The second-order valence-electron chi connectivity index (χ2n) is 7.20. The van der Waals surface area contributed by atoms with E-state index in [4.69, 9.17) is 21.1 Å². The summed E-state index contributed by atoms with van der Waals surface area (Å²) < 4.78 is 11.1. The number of H-pyrrole nitrogens is 1. The fourth-order valence-corrected chi connectivity index (χ4v) is 3.87. The molecule has 1 aliphatic heterocycles. The summed E-state index contributed by atoms with van der Waals surface area (Å²) >= 11 is 6.07. The number of aromatic amines is 1. The molecule has 0 spiro atoms. The molecule has 1 aliphatic rings. The van der Waals surface area contributed by atoms with Gasteiger partial charge in [-0.05, 0) is 55.8 Å². The van der Waals surface area contributed by atoms with E-state index < -0.39 is 0 Å². The van der Waals surface area contributed by atoms with Gasteiger partial charge in [-0.2, -0.15) is 5.10 Å². The lowest BCUT2D eigenvalue weighted by Gasteiger charge is -2.35. The van der Waals surface area contributed by atoms with Gasteiger partial charge < -0.3 is 14.4 Å². The summed E-state index contributed by atoms with van der Waals surface area (Å²) in [5.41, 5.74) is 0.989. The predicted molar refractivity (Wildman–Crippen MR) is 116 cm³/mol. The molecule has 1 fully saturated rings. The summed E-state index contributed by atoms with van der Waals surface area (Å²) in [6.07, 6.45) is 2.14. The van der Waals surface area contributed by atoms with Gasteiger partial charge in [-0.25, -0.2) is 0 Å². The summed E-state index contributed by atoms with van der Waals surface area (Å²) in [6.45, 7) is 5.85. The van der Waals surface area contributed by atoms with E-state index >= 15 is 0 Å². The molecule has 1 saturated heterocycles. The Labute approximate surface area is 176 Å². The third kappa shape index (κ3) is 4.77. The van der Waals surface area contributed by atoms with E-state index in [1.54, 1.807) is 13.2 Å². The Bertz CT molecular complexity index is 937. The largest absolute Gasteiger partial charge is 0.493 e. The first-order valence-electron chi connectivity index (χ1n) is 10.0. The minimum absolute atomic E-state index is 0.697. The van der Waals surface area contributed by atoms with Crippen LogP contribution >= 0.6 is 11.6 Å². The summed E-state index contributed by atoms with van der Waals surface area (Å²) in [5, 5.41) is 9.46. The van der Waals surface area contributed by atoms with Gasteiger partial charge in [-0.15, -0.1) is 0 Å².